The SMILES string of the molecule is O=S(=O)(NCc1nccc(N2CCOCC2)n1)c1ccccc1Br. The van der Waals surface area contributed by atoms with Gasteiger partial charge in [-0.15, -0.1) is 0 Å². The highest BCUT2D eigenvalue weighted by Gasteiger charge is 2.18. The van der Waals surface area contributed by atoms with Crippen molar-refractivity contribution >= 4 is 31.8 Å². The first kappa shape index (κ1) is 17.3. The molecule has 0 saturated carbocycles. The molecule has 128 valence electrons. The molecule has 0 spiro atoms. The molecule has 3 rings (SSSR count). The smallest absolute Gasteiger partial charge is 0.242 e. The Bertz CT molecular complexity index is 810. The molecule has 1 aliphatic rings. The van der Waals surface area contributed by atoms with Crippen LogP contribution in [-0.2, 0) is 21.3 Å². The van der Waals surface area contributed by atoms with Crippen molar-refractivity contribution in [3.8, 4) is 0 Å². The fourth-order valence-corrected chi connectivity index (χ4v) is 4.32. The predicted octanol–water partition coefficient (Wildman–Crippen LogP) is 1.55. The number of nitrogens with one attached hydrogen (secondary N) is 1. The minimum atomic E-state index is -3.64. The average molecular weight is 413 g/mol. The summed E-state index contributed by atoms with van der Waals surface area (Å²) in [4.78, 5) is 10.9. The van der Waals surface area contributed by atoms with Crippen LogP contribution in [0.5, 0.6) is 0 Å². The number of nitrogens with zero attached hydrogens (tertiary/aromatic N) is 3. The second-order valence-corrected chi connectivity index (χ2v) is 7.78. The van der Waals surface area contributed by atoms with E-state index in [9.17, 15) is 8.42 Å². The van der Waals surface area contributed by atoms with Crippen LogP contribution in [0.4, 0.5) is 5.82 Å². The Morgan fingerprint density at radius 1 is 1.21 bits per heavy atom. The molecule has 7 nitrogen and oxygen atoms in total. The lowest BCUT2D eigenvalue weighted by Crippen LogP contribution is -2.37. The average Bonchev–Trinajstić information content (AvgIpc) is 2.61. The van der Waals surface area contributed by atoms with Gasteiger partial charge in [-0.05, 0) is 34.1 Å². The zero-order valence-electron chi connectivity index (χ0n) is 12.9. The van der Waals surface area contributed by atoms with Gasteiger partial charge < -0.3 is 9.64 Å². The van der Waals surface area contributed by atoms with Crippen molar-refractivity contribution in [3.63, 3.8) is 0 Å². The van der Waals surface area contributed by atoms with Crippen molar-refractivity contribution in [2.24, 2.45) is 0 Å². The highest BCUT2D eigenvalue weighted by atomic mass is 79.9. The highest BCUT2D eigenvalue weighted by molar-refractivity contribution is 9.10. The first-order chi connectivity index (χ1) is 11.6. The largest absolute Gasteiger partial charge is 0.378 e. The van der Waals surface area contributed by atoms with Gasteiger partial charge in [-0.25, -0.2) is 23.1 Å². The fourth-order valence-electron chi connectivity index (χ4n) is 2.34. The van der Waals surface area contributed by atoms with Gasteiger partial charge in [0.15, 0.2) is 0 Å². The van der Waals surface area contributed by atoms with E-state index in [0.29, 0.717) is 23.5 Å². The molecule has 2 heterocycles. The second kappa shape index (κ2) is 7.56. The first-order valence-corrected chi connectivity index (χ1v) is 9.73. The summed E-state index contributed by atoms with van der Waals surface area (Å²) in [5.41, 5.74) is 0. The monoisotopic (exact) mass is 412 g/mol. The third kappa shape index (κ3) is 4.10. The molecule has 2 aromatic rings. The van der Waals surface area contributed by atoms with Crippen molar-refractivity contribution in [3.05, 3.63) is 46.8 Å². The summed E-state index contributed by atoms with van der Waals surface area (Å²) in [6, 6.07) is 8.48. The maximum atomic E-state index is 12.4. The van der Waals surface area contributed by atoms with E-state index in [1.807, 2.05) is 6.07 Å². The number of halogens is 1. The molecule has 0 radical (unpaired) electrons. The second-order valence-electron chi connectivity index (χ2n) is 5.19. The van der Waals surface area contributed by atoms with Crippen LogP contribution in [0.25, 0.3) is 0 Å². The Morgan fingerprint density at radius 2 is 1.96 bits per heavy atom. The van der Waals surface area contributed by atoms with Gasteiger partial charge in [-0.1, -0.05) is 12.1 Å². The summed E-state index contributed by atoms with van der Waals surface area (Å²) in [6.07, 6.45) is 1.64. The van der Waals surface area contributed by atoms with Crippen LogP contribution in [0.1, 0.15) is 5.82 Å². The predicted molar refractivity (Wildman–Crippen MR) is 93.2 cm³/mol. The normalized spacial score (nSPS) is 15.5. The van der Waals surface area contributed by atoms with Crippen LogP contribution >= 0.6 is 15.9 Å². The number of hydrogen-bond donors (Lipinski definition) is 1. The summed E-state index contributed by atoms with van der Waals surface area (Å²) in [6.45, 7) is 2.88. The number of ether oxygens (including phenoxy) is 1. The lowest BCUT2D eigenvalue weighted by Gasteiger charge is -2.27. The van der Waals surface area contributed by atoms with Gasteiger partial charge in [0.1, 0.15) is 11.6 Å². The van der Waals surface area contributed by atoms with Gasteiger partial charge >= 0.3 is 0 Å². The van der Waals surface area contributed by atoms with E-state index >= 15 is 0 Å². The molecule has 0 unspecified atom stereocenters. The zero-order chi connectivity index (χ0) is 17.0. The highest BCUT2D eigenvalue weighted by Crippen LogP contribution is 2.21. The Kier molecular flexibility index (Phi) is 5.44. The molecule has 1 aromatic carbocycles. The molecule has 1 aromatic heterocycles. The standard InChI is InChI=1S/C15H17BrN4O3S/c16-12-3-1-2-4-13(12)24(21,22)18-11-14-17-6-5-15(19-14)20-7-9-23-10-8-20/h1-6,18H,7-11H2. The maximum absolute atomic E-state index is 12.4. The van der Waals surface area contributed by atoms with Gasteiger partial charge in [0.05, 0.1) is 24.7 Å². The Labute approximate surface area is 149 Å². The summed E-state index contributed by atoms with van der Waals surface area (Å²) in [5.74, 6) is 1.21. The molecule has 0 amide bonds. The van der Waals surface area contributed by atoms with Crippen LogP contribution < -0.4 is 9.62 Å². The van der Waals surface area contributed by atoms with E-state index in [-0.39, 0.29) is 11.4 Å². The van der Waals surface area contributed by atoms with Gasteiger partial charge in [0.25, 0.3) is 0 Å². The molecular weight excluding hydrogens is 396 g/mol. The minimum absolute atomic E-state index is 0.0296. The molecule has 24 heavy (non-hydrogen) atoms. The van der Waals surface area contributed by atoms with Crippen molar-refractivity contribution in [2.75, 3.05) is 31.2 Å². The van der Waals surface area contributed by atoms with Gasteiger partial charge in [0.2, 0.25) is 10.0 Å². The molecule has 1 fully saturated rings. The van der Waals surface area contributed by atoms with Crippen LogP contribution in [0.3, 0.4) is 0 Å². The summed E-state index contributed by atoms with van der Waals surface area (Å²) in [7, 11) is -3.64. The van der Waals surface area contributed by atoms with E-state index in [1.165, 1.54) is 6.07 Å². The lowest BCUT2D eigenvalue weighted by molar-refractivity contribution is 0.122. The molecule has 9 heteroatoms. The van der Waals surface area contributed by atoms with Gasteiger partial charge in [-0.2, -0.15) is 0 Å². The van der Waals surface area contributed by atoms with Gasteiger partial charge in [0, 0.05) is 23.8 Å². The summed E-state index contributed by atoms with van der Waals surface area (Å²) < 4.78 is 33.2. The molecule has 0 bridgehead atoms. The number of anilines is 1. The summed E-state index contributed by atoms with van der Waals surface area (Å²) >= 11 is 3.25. The number of sulfonamides is 1. The molecule has 1 N–H and O–H groups in total. The van der Waals surface area contributed by atoms with Crippen molar-refractivity contribution in [1.82, 2.24) is 14.7 Å². The zero-order valence-corrected chi connectivity index (χ0v) is 15.3. The van der Waals surface area contributed by atoms with Gasteiger partial charge in [-0.3, -0.25) is 0 Å². The minimum Gasteiger partial charge on any atom is -0.378 e. The van der Waals surface area contributed by atoms with Crippen LogP contribution in [0, 0.1) is 0 Å². The van der Waals surface area contributed by atoms with Crippen molar-refractivity contribution in [1.29, 1.82) is 0 Å². The molecule has 0 atom stereocenters. The fraction of sp³-hybridized carbons (Fsp3) is 0.333. The number of hydrogen-bond acceptors (Lipinski definition) is 6. The third-order valence-electron chi connectivity index (χ3n) is 3.57. The molecular formula is C15H17BrN4O3S. The quantitative estimate of drug-likeness (QED) is 0.801. The Balaban J connectivity index is 1.71. The molecule has 1 aliphatic heterocycles. The number of rotatable bonds is 5. The first-order valence-electron chi connectivity index (χ1n) is 7.45. The summed E-state index contributed by atoms with van der Waals surface area (Å²) in [5, 5.41) is 0. The van der Waals surface area contributed by atoms with E-state index in [0.717, 1.165) is 18.9 Å². The molecule has 0 aliphatic carbocycles. The van der Waals surface area contributed by atoms with E-state index in [1.54, 1.807) is 24.4 Å². The maximum Gasteiger partial charge on any atom is 0.242 e. The third-order valence-corrected chi connectivity index (χ3v) is 5.99. The van der Waals surface area contributed by atoms with E-state index < -0.39 is 10.0 Å². The topological polar surface area (TPSA) is 84.4 Å². The van der Waals surface area contributed by atoms with Crippen molar-refractivity contribution in [2.45, 2.75) is 11.4 Å². The van der Waals surface area contributed by atoms with Crippen molar-refractivity contribution < 1.29 is 13.2 Å². The number of benzene rings is 1. The van der Waals surface area contributed by atoms with Crippen LogP contribution in [0.15, 0.2) is 45.9 Å². The number of morpholine rings is 1. The Morgan fingerprint density at radius 3 is 2.71 bits per heavy atom. The molecule has 1 saturated heterocycles. The van der Waals surface area contributed by atoms with E-state index in [4.69, 9.17) is 4.74 Å². The van der Waals surface area contributed by atoms with Crippen LogP contribution in [0.2, 0.25) is 0 Å². The van der Waals surface area contributed by atoms with Crippen LogP contribution in [-0.4, -0.2) is 44.7 Å². The number of aromatic nitrogens is 2. The lowest BCUT2D eigenvalue weighted by atomic mass is 10.4. The Hall–Kier alpha value is -1.55. The van der Waals surface area contributed by atoms with E-state index in [2.05, 4.69) is 35.5 Å².